The molecule has 2 aromatic rings. The lowest BCUT2D eigenvalue weighted by Crippen LogP contribution is -2.12. The molecule has 1 saturated heterocycles. The third-order valence-electron chi connectivity index (χ3n) is 2.36. The zero-order valence-electron chi connectivity index (χ0n) is 7.75. The summed E-state index contributed by atoms with van der Waals surface area (Å²) >= 11 is 0. The maximum atomic E-state index is 10.9. The van der Waals surface area contributed by atoms with Gasteiger partial charge in [-0.3, -0.25) is 9.38 Å². The molecule has 76 valence electrons. The Hall–Kier alpha value is -2.11. The van der Waals surface area contributed by atoms with Crippen LogP contribution in [-0.2, 0) is 4.74 Å². The molecule has 1 atom stereocenters. The Balaban J connectivity index is 2.07. The normalized spacial score (nSPS) is 20.3. The van der Waals surface area contributed by atoms with Crippen molar-refractivity contribution in [3.63, 3.8) is 0 Å². The van der Waals surface area contributed by atoms with Crippen LogP contribution in [0.4, 0.5) is 4.79 Å². The van der Waals surface area contributed by atoms with Crippen LogP contribution in [0.2, 0.25) is 0 Å². The third-order valence-corrected chi connectivity index (χ3v) is 2.36. The summed E-state index contributed by atoms with van der Waals surface area (Å²) < 4.78 is 6.94. The predicted molar refractivity (Wildman–Crippen MR) is 50.2 cm³/mol. The maximum Gasteiger partial charge on any atom is 0.408 e. The molecule has 3 rings (SSSR count). The van der Waals surface area contributed by atoms with E-state index in [4.69, 9.17) is 4.74 Å². The first-order chi connectivity index (χ1) is 7.34. The van der Waals surface area contributed by atoms with Crippen LogP contribution in [0.3, 0.4) is 0 Å². The number of hydrogen-bond donors (Lipinski definition) is 1. The molecule has 0 bridgehead atoms. The van der Waals surface area contributed by atoms with Gasteiger partial charge in [0.15, 0.2) is 11.8 Å². The number of alkyl carbamates (subject to hydrolysis) is 1. The minimum atomic E-state index is -0.385. The van der Waals surface area contributed by atoms with Gasteiger partial charge in [0.25, 0.3) is 0 Å². The topological polar surface area (TPSA) is 68.5 Å². The van der Waals surface area contributed by atoms with Crippen LogP contribution in [-0.4, -0.2) is 27.0 Å². The summed E-state index contributed by atoms with van der Waals surface area (Å²) in [4.78, 5) is 19.0. The summed E-state index contributed by atoms with van der Waals surface area (Å²) in [5.41, 5.74) is 1.60. The van der Waals surface area contributed by atoms with E-state index in [2.05, 4.69) is 15.3 Å². The zero-order valence-corrected chi connectivity index (χ0v) is 7.75. The Kier molecular flexibility index (Phi) is 1.61. The third kappa shape index (κ3) is 1.22. The first-order valence-corrected chi connectivity index (χ1v) is 4.56. The molecule has 15 heavy (non-hydrogen) atoms. The Morgan fingerprint density at radius 3 is 3.27 bits per heavy atom. The van der Waals surface area contributed by atoms with E-state index in [-0.39, 0.29) is 12.2 Å². The van der Waals surface area contributed by atoms with Crippen LogP contribution >= 0.6 is 0 Å². The number of nitrogens with one attached hydrogen (secondary N) is 1. The van der Waals surface area contributed by atoms with Crippen molar-refractivity contribution in [2.75, 3.05) is 6.54 Å². The number of nitrogens with zero attached hydrogens (tertiary/aromatic N) is 3. The van der Waals surface area contributed by atoms with Gasteiger partial charge in [-0.25, -0.2) is 9.78 Å². The van der Waals surface area contributed by atoms with Gasteiger partial charge in [-0.2, -0.15) is 0 Å². The fourth-order valence-electron chi connectivity index (χ4n) is 1.65. The van der Waals surface area contributed by atoms with Crippen molar-refractivity contribution in [3.05, 3.63) is 30.5 Å². The summed E-state index contributed by atoms with van der Waals surface area (Å²) in [6, 6.07) is 0. The quantitative estimate of drug-likeness (QED) is 0.734. The second kappa shape index (κ2) is 2.94. The minimum Gasteiger partial charge on any atom is -0.438 e. The smallest absolute Gasteiger partial charge is 0.408 e. The fourth-order valence-corrected chi connectivity index (χ4v) is 1.65. The maximum absolute atomic E-state index is 10.9. The van der Waals surface area contributed by atoms with Crippen molar-refractivity contribution in [1.29, 1.82) is 0 Å². The molecule has 1 amide bonds. The summed E-state index contributed by atoms with van der Waals surface area (Å²) in [6.45, 7) is 0.481. The highest BCUT2D eigenvalue weighted by Gasteiger charge is 2.26. The van der Waals surface area contributed by atoms with Gasteiger partial charge >= 0.3 is 6.09 Å². The highest BCUT2D eigenvalue weighted by molar-refractivity contribution is 5.69. The average Bonchev–Trinajstić information content (AvgIpc) is 2.83. The number of aromatic nitrogens is 3. The van der Waals surface area contributed by atoms with Crippen LogP contribution in [0.5, 0.6) is 0 Å². The van der Waals surface area contributed by atoms with Crippen LogP contribution < -0.4 is 5.32 Å². The summed E-state index contributed by atoms with van der Waals surface area (Å²) in [6.07, 6.45) is 6.17. The molecule has 1 aliphatic rings. The number of rotatable bonds is 1. The van der Waals surface area contributed by atoms with Crippen molar-refractivity contribution in [2.45, 2.75) is 6.10 Å². The molecule has 1 fully saturated rings. The molecule has 6 heteroatoms. The molecular weight excluding hydrogens is 196 g/mol. The lowest BCUT2D eigenvalue weighted by atomic mass is 10.3. The van der Waals surface area contributed by atoms with Gasteiger partial charge in [0.05, 0.1) is 24.6 Å². The largest absolute Gasteiger partial charge is 0.438 e. The van der Waals surface area contributed by atoms with Gasteiger partial charge in [-0.15, -0.1) is 0 Å². The van der Waals surface area contributed by atoms with E-state index in [0.717, 1.165) is 11.3 Å². The Morgan fingerprint density at radius 1 is 1.53 bits per heavy atom. The first-order valence-electron chi connectivity index (χ1n) is 4.56. The van der Waals surface area contributed by atoms with Gasteiger partial charge in [-0.1, -0.05) is 0 Å². The highest BCUT2D eigenvalue weighted by Crippen LogP contribution is 2.21. The fraction of sp³-hybridized carbons (Fsp3) is 0.222. The van der Waals surface area contributed by atoms with Crippen molar-refractivity contribution in [1.82, 2.24) is 19.7 Å². The minimum absolute atomic E-state index is 0.269. The monoisotopic (exact) mass is 204 g/mol. The number of ether oxygens (including phenoxy) is 1. The Labute approximate surface area is 84.9 Å². The number of carbonyl (C=O) groups excluding carboxylic acids is 1. The van der Waals surface area contributed by atoms with Crippen molar-refractivity contribution >= 4 is 11.7 Å². The lowest BCUT2D eigenvalue weighted by molar-refractivity contribution is 0.138. The summed E-state index contributed by atoms with van der Waals surface area (Å²) in [7, 11) is 0. The van der Waals surface area contributed by atoms with Crippen LogP contribution in [0.1, 0.15) is 11.8 Å². The molecule has 1 N–H and O–H groups in total. The van der Waals surface area contributed by atoms with Crippen molar-refractivity contribution in [3.8, 4) is 0 Å². The zero-order chi connectivity index (χ0) is 10.3. The number of hydrogen-bond acceptors (Lipinski definition) is 4. The molecule has 6 nitrogen and oxygen atoms in total. The van der Waals surface area contributed by atoms with E-state index >= 15 is 0 Å². The van der Waals surface area contributed by atoms with E-state index in [1.807, 2.05) is 4.40 Å². The van der Waals surface area contributed by atoms with Crippen LogP contribution in [0, 0.1) is 0 Å². The Morgan fingerprint density at radius 2 is 2.47 bits per heavy atom. The van der Waals surface area contributed by atoms with Gasteiger partial charge in [0.1, 0.15) is 0 Å². The molecule has 0 aromatic carbocycles. The number of carbonyl (C=O) groups is 1. The second-order valence-corrected chi connectivity index (χ2v) is 3.26. The van der Waals surface area contributed by atoms with Gasteiger partial charge in [0, 0.05) is 12.4 Å². The second-order valence-electron chi connectivity index (χ2n) is 3.26. The molecule has 0 aliphatic carbocycles. The molecule has 0 saturated carbocycles. The number of fused-ring (bicyclic) bond motifs is 1. The van der Waals surface area contributed by atoms with E-state index in [1.54, 1.807) is 24.8 Å². The molecule has 1 aliphatic heterocycles. The molecule has 0 radical (unpaired) electrons. The standard InChI is InChI=1S/C9H8N4O2/c14-9-12-4-7(15-9)6-3-11-8-5-10-1-2-13(6)8/h1-3,5,7H,4H2,(H,12,14). The van der Waals surface area contributed by atoms with Crippen LogP contribution in [0.25, 0.3) is 5.65 Å². The molecular formula is C9H8N4O2. The van der Waals surface area contributed by atoms with Crippen molar-refractivity contribution < 1.29 is 9.53 Å². The molecule has 3 heterocycles. The van der Waals surface area contributed by atoms with E-state index < -0.39 is 0 Å². The first kappa shape index (κ1) is 8.22. The molecule has 0 spiro atoms. The SMILES string of the molecule is O=C1NCC(c2cnc3cnccn23)O1. The van der Waals surface area contributed by atoms with Gasteiger partial charge in [0.2, 0.25) is 0 Å². The summed E-state index contributed by atoms with van der Waals surface area (Å²) in [5.74, 6) is 0. The van der Waals surface area contributed by atoms with E-state index in [9.17, 15) is 4.79 Å². The molecule has 1 unspecified atom stereocenters. The predicted octanol–water partition coefficient (Wildman–Crippen LogP) is 0.510. The van der Waals surface area contributed by atoms with Gasteiger partial charge < -0.3 is 10.1 Å². The summed E-state index contributed by atoms with van der Waals surface area (Å²) in [5, 5.41) is 2.60. The highest BCUT2D eigenvalue weighted by atomic mass is 16.6. The number of imidazole rings is 1. The Bertz CT molecular complexity index is 522. The molecule has 2 aromatic heterocycles. The van der Waals surface area contributed by atoms with E-state index in [1.165, 1.54) is 0 Å². The van der Waals surface area contributed by atoms with Gasteiger partial charge in [-0.05, 0) is 0 Å². The van der Waals surface area contributed by atoms with Crippen molar-refractivity contribution in [2.24, 2.45) is 0 Å². The number of cyclic esters (lactones) is 1. The number of amides is 1. The van der Waals surface area contributed by atoms with Crippen LogP contribution in [0.15, 0.2) is 24.8 Å². The van der Waals surface area contributed by atoms with E-state index in [0.29, 0.717) is 6.54 Å². The lowest BCUT2D eigenvalue weighted by Gasteiger charge is -2.06. The average molecular weight is 204 g/mol.